The lowest BCUT2D eigenvalue weighted by Gasteiger charge is -2.24. The number of carbonyl (C=O) groups is 1. The van der Waals surface area contributed by atoms with Gasteiger partial charge in [-0.1, -0.05) is 35.9 Å². The molecule has 36 heavy (non-hydrogen) atoms. The summed E-state index contributed by atoms with van der Waals surface area (Å²) in [5.41, 5.74) is 1.34. The highest BCUT2D eigenvalue weighted by molar-refractivity contribution is 7.92. The lowest BCUT2D eigenvalue weighted by Crippen LogP contribution is -2.41. The monoisotopic (exact) mass is 531 g/mol. The molecule has 1 amide bonds. The van der Waals surface area contributed by atoms with Crippen LogP contribution in [0.25, 0.3) is 0 Å². The molecule has 0 aliphatic heterocycles. The second-order valence-electron chi connectivity index (χ2n) is 8.12. The number of nitrogens with zero attached hydrogens (tertiary/aromatic N) is 2. The van der Waals surface area contributed by atoms with Crippen LogP contribution in [0.15, 0.2) is 88.7 Å². The maximum absolute atomic E-state index is 13.3. The van der Waals surface area contributed by atoms with Gasteiger partial charge in [-0.15, -0.1) is 0 Å². The Morgan fingerprint density at radius 1 is 0.806 bits per heavy atom. The van der Waals surface area contributed by atoms with Crippen molar-refractivity contribution < 1.29 is 26.4 Å². The third-order valence-corrected chi connectivity index (χ3v) is 8.85. The number of rotatable bonds is 11. The molecule has 0 heterocycles. The van der Waals surface area contributed by atoms with Crippen LogP contribution < -0.4 is 14.4 Å². The van der Waals surface area contributed by atoms with E-state index >= 15 is 0 Å². The van der Waals surface area contributed by atoms with Gasteiger partial charge in [0.05, 0.1) is 22.0 Å². The Balaban J connectivity index is 1.62. The van der Waals surface area contributed by atoms with Crippen molar-refractivity contribution in [1.82, 2.24) is 9.62 Å². The summed E-state index contributed by atoms with van der Waals surface area (Å²) in [5, 5.41) is 2.67. The van der Waals surface area contributed by atoms with Gasteiger partial charge in [0.2, 0.25) is 15.9 Å². The highest BCUT2D eigenvalue weighted by Crippen LogP contribution is 2.24. The van der Waals surface area contributed by atoms with Crippen LogP contribution in [0.4, 0.5) is 5.69 Å². The van der Waals surface area contributed by atoms with E-state index in [4.69, 9.17) is 4.74 Å². The van der Waals surface area contributed by atoms with Crippen LogP contribution in [0.1, 0.15) is 5.56 Å². The fourth-order valence-corrected chi connectivity index (χ4v) is 5.55. The topological polar surface area (TPSA) is 113 Å². The van der Waals surface area contributed by atoms with Gasteiger partial charge in [0.15, 0.2) is 0 Å². The van der Waals surface area contributed by atoms with Crippen LogP contribution in [-0.4, -0.2) is 60.8 Å². The van der Waals surface area contributed by atoms with Crippen LogP contribution >= 0.6 is 0 Å². The summed E-state index contributed by atoms with van der Waals surface area (Å²) in [7, 11) is -4.60. The minimum absolute atomic E-state index is 0.0847. The van der Waals surface area contributed by atoms with E-state index in [1.54, 1.807) is 42.5 Å². The van der Waals surface area contributed by atoms with E-state index in [1.165, 1.54) is 50.5 Å². The van der Waals surface area contributed by atoms with Gasteiger partial charge < -0.3 is 10.1 Å². The van der Waals surface area contributed by atoms with Gasteiger partial charge in [-0.05, 0) is 55.5 Å². The number of anilines is 1. The Kier molecular flexibility index (Phi) is 8.72. The quantitative estimate of drug-likeness (QED) is 0.381. The first-order valence-corrected chi connectivity index (χ1v) is 14.0. The van der Waals surface area contributed by atoms with Crippen LogP contribution in [0, 0.1) is 6.92 Å². The summed E-state index contributed by atoms with van der Waals surface area (Å²) in [4.78, 5) is 12.9. The predicted molar refractivity (Wildman–Crippen MR) is 138 cm³/mol. The number of hydrogen-bond donors (Lipinski definition) is 1. The first-order chi connectivity index (χ1) is 17.0. The summed E-state index contributed by atoms with van der Waals surface area (Å²) < 4.78 is 58.6. The number of amides is 1. The number of sulfonamides is 2. The second kappa shape index (κ2) is 11.5. The van der Waals surface area contributed by atoms with Crippen molar-refractivity contribution in [3.05, 3.63) is 84.4 Å². The summed E-state index contributed by atoms with van der Waals surface area (Å²) in [6.07, 6.45) is 0. The van der Waals surface area contributed by atoms with Crippen molar-refractivity contribution in [2.75, 3.05) is 38.1 Å². The number of aryl methyl sites for hydroxylation is 1. The molecule has 192 valence electrons. The molecule has 0 radical (unpaired) electrons. The molecule has 1 N–H and O–H groups in total. The molecule has 3 aromatic rings. The van der Waals surface area contributed by atoms with E-state index in [9.17, 15) is 21.6 Å². The molecule has 0 aromatic heterocycles. The minimum atomic E-state index is -3.97. The number of benzene rings is 3. The Morgan fingerprint density at radius 3 is 1.97 bits per heavy atom. The molecule has 0 saturated carbocycles. The zero-order valence-corrected chi connectivity index (χ0v) is 21.9. The van der Waals surface area contributed by atoms with E-state index in [0.717, 1.165) is 14.2 Å². The molecule has 0 aliphatic rings. The van der Waals surface area contributed by atoms with Gasteiger partial charge in [-0.25, -0.2) is 21.1 Å². The van der Waals surface area contributed by atoms with Gasteiger partial charge in [-0.2, -0.15) is 0 Å². The van der Waals surface area contributed by atoms with E-state index in [1.807, 2.05) is 6.92 Å². The smallest absolute Gasteiger partial charge is 0.264 e. The van der Waals surface area contributed by atoms with Crippen molar-refractivity contribution in [2.45, 2.75) is 16.7 Å². The highest BCUT2D eigenvalue weighted by Gasteiger charge is 2.27. The molecule has 0 spiro atoms. The lowest BCUT2D eigenvalue weighted by atomic mass is 10.2. The maximum Gasteiger partial charge on any atom is 0.264 e. The molecule has 0 unspecified atom stereocenters. The average molecular weight is 532 g/mol. The average Bonchev–Trinajstić information content (AvgIpc) is 2.86. The zero-order chi connectivity index (χ0) is 26.3. The molecule has 3 aromatic carbocycles. The lowest BCUT2D eigenvalue weighted by molar-refractivity contribution is -0.119. The molecule has 9 nitrogen and oxygen atoms in total. The summed E-state index contributed by atoms with van der Waals surface area (Å²) in [5.74, 6) is -0.0546. The fraction of sp³-hybridized carbons (Fsp3) is 0.240. The molecule has 0 fully saturated rings. The molecule has 0 bridgehead atoms. The van der Waals surface area contributed by atoms with E-state index in [2.05, 4.69) is 5.32 Å². The number of nitrogens with one attached hydrogen (secondary N) is 1. The van der Waals surface area contributed by atoms with Crippen molar-refractivity contribution >= 4 is 31.6 Å². The molecule has 3 rings (SSSR count). The van der Waals surface area contributed by atoms with Crippen LogP contribution in [0.5, 0.6) is 5.75 Å². The summed E-state index contributed by atoms with van der Waals surface area (Å²) >= 11 is 0. The van der Waals surface area contributed by atoms with Gasteiger partial charge in [0, 0.05) is 14.1 Å². The van der Waals surface area contributed by atoms with Gasteiger partial charge in [-0.3, -0.25) is 9.10 Å². The van der Waals surface area contributed by atoms with Crippen molar-refractivity contribution in [2.24, 2.45) is 0 Å². The Morgan fingerprint density at radius 2 is 1.39 bits per heavy atom. The maximum atomic E-state index is 13.3. The number of ether oxygens (including phenoxy) is 1. The van der Waals surface area contributed by atoms with Gasteiger partial charge in [0.25, 0.3) is 10.0 Å². The zero-order valence-electron chi connectivity index (χ0n) is 20.3. The number of carbonyl (C=O) groups excluding carboxylic acids is 1. The predicted octanol–water partition coefficient (Wildman–Crippen LogP) is 2.64. The van der Waals surface area contributed by atoms with Crippen molar-refractivity contribution in [1.29, 1.82) is 0 Å². The van der Waals surface area contributed by atoms with Crippen LogP contribution in [-0.2, 0) is 24.8 Å². The summed E-state index contributed by atoms with van der Waals surface area (Å²) in [6.45, 7) is 1.73. The normalized spacial score (nSPS) is 11.8. The number of hydrogen-bond acceptors (Lipinski definition) is 6. The van der Waals surface area contributed by atoms with Gasteiger partial charge in [0.1, 0.15) is 18.9 Å². The first-order valence-electron chi connectivity index (χ1n) is 11.1. The minimum Gasteiger partial charge on any atom is -0.492 e. The molecule has 0 saturated heterocycles. The molecule has 0 atom stereocenters. The molecule has 0 aliphatic carbocycles. The highest BCUT2D eigenvalue weighted by atomic mass is 32.2. The van der Waals surface area contributed by atoms with E-state index < -0.39 is 32.5 Å². The third kappa shape index (κ3) is 6.62. The van der Waals surface area contributed by atoms with Gasteiger partial charge >= 0.3 is 0 Å². The Hall–Kier alpha value is -3.41. The largest absolute Gasteiger partial charge is 0.492 e. The third-order valence-electron chi connectivity index (χ3n) is 5.24. The van der Waals surface area contributed by atoms with Crippen LogP contribution in [0.3, 0.4) is 0 Å². The standard InChI is InChI=1S/C25H29N3O6S2/c1-20-9-11-21(12-10-20)28(36(32,33)23-7-5-4-6-8-23)19-25(29)26-17-18-34-22-13-15-24(16-14-22)35(30,31)27(2)3/h4-16H,17-19H2,1-3H3,(H,26,29). The van der Waals surface area contributed by atoms with E-state index in [0.29, 0.717) is 11.4 Å². The SMILES string of the molecule is Cc1ccc(N(CC(=O)NCCOc2ccc(S(=O)(=O)N(C)C)cc2)S(=O)(=O)c2ccccc2)cc1. The molecular formula is C25H29N3O6S2. The first kappa shape index (κ1) is 27.2. The van der Waals surface area contributed by atoms with Crippen molar-refractivity contribution in [3.63, 3.8) is 0 Å². The van der Waals surface area contributed by atoms with Crippen LogP contribution in [0.2, 0.25) is 0 Å². The fourth-order valence-electron chi connectivity index (χ4n) is 3.21. The summed E-state index contributed by atoms with van der Waals surface area (Å²) in [6, 6.07) is 20.8. The van der Waals surface area contributed by atoms with Crippen molar-refractivity contribution in [3.8, 4) is 5.75 Å². The second-order valence-corrected chi connectivity index (χ2v) is 12.1. The molecular weight excluding hydrogens is 502 g/mol. The Labute approximate surface area is 212 Å². The van der Waals surface area contributed by atoms with E-state index in [-0.39, 0.29) is 22.9 Å². The molecule has 11 heteroatoms. The Bertz CT molecular complexity index is 1370.